The van der Waals surface area contributed by atoms with E-state index in [-0.39, 0.29) is 24.2 Å². The molecule has 0 saturated carbocycles. The number of amides is 2. The molecule has 2 fully saturated rings. The zero-order valence-electron chi connectivity index (χ0n) is 19.3. The van der Waals surface area contributed by atoms with Gasteiger partial charge in [-0.3, -0.25) is 14.5 Å². The van der Waals surface area contributed by atoms with Gasteiger partial charge in [-0.15, -0.1) is 0 Å². The van der Waals surface area contributed by atoms with Crippen LogP contribution in [0.2, 0.25) is 0 Å². The zero-order chi connectivity index (χ0) is 23.3. The Hall–Kier alpha value is -3.64. The summed E-state index contributed by atoms with van der Waals surface area (Å²) in [7, 11) is 0. The normalized spacial score (nSPS) is 18.8. The number of anilines is 3. The third-order valence-electron chi connectivity index (χ3n) is 6.68. The second-order valence-electron chi connectivity index (χ2n) is 9.03. The second kappa shape index (κ2) is 10.1. The predicted octanol–water partition coefficient (Wildman–Crippen LogP) is 4.00. The summed E-state index contributed by atoms with van der Waals surface area (Å²) < 4.78 is 0. The minimum atomic E-state index is -0.343. The van der Waals surface area contributed by atoms with Crippen molar-refractivity contribution >= 4 is 28.9 Å². The number of piperazine rings is 1. The number of rotatable bonds is 6. The number of carbonyl (C=O) groups is 2. The van der Waals surface area contributed by atoms with Crippen molar-refractivity contribution in [2.45, 2.75) is 13.0 Å². The molecule has 5 rings (SSSR count). The molecule has 0 bridgehead atoms. The minimum absolute atomic E-state index is 0.00638. The topological polar surface area (TPSA) is 55.9 Å². The van der Waals surface area contributed by atoms with Crippen molar-refractivity contribution in [2.75, 3.05) is 47.8 Å². The Morgan fingerprint density at radius 2 is 1.44 bits per heavy atom. The van der Waals surface area contributed by atoms with Gasteiger partial charge in [-0.25, -0.2) is 0 Å². The van der Waals surface area contributed by atoms with E-state index in [1.807, 2.05) is 42.5 Å². The minimum Gasteiger partial charge on any atom is -0.369 e. The lowest BCUT2D eigenvalue weighted by molar-refractivity contribution is -0.122. The van der Waals surface area contributed by atoms with E-state index in [0.29, 0.717) is 6.54 Å². The van der Waals surface area contributed by atoms with E-state index in [4.69, 9.17) is 0 Å². The van der Waals surface area contributed by atoms with Crippen molar-refractivity contribution in [3.8, 4) is 0 Å². The summed E-state index contributed by atoms with van der Waals surface area (Å²) in [5, 5.41) is 3.00. The van der Waals surface area contributed by atoms with Crippen LogP contribution >= 0.6 is 0 Å². The molecule has 1 N–H and O–H groups in total. The number of hydrogen-bond donors (Lipinski definition) is 1. The molecule has 3 aromatic carbocycles. The molecular formula is C28H30N4O2. The smallest absolute Gasteiger partial charge is 0.229 e. The Morgan fingerprint density at radius 3 is 2.12 bits per heavy atom. The maximum absolute atomic E-state index is 12.8. The maximum Gasteiger partial charge on any atom is 0.229 e. The van der Waals surface area contributed by atoms with E-state index in [1.54, 1.807) is 4.90 Å². The summed E-state index contributed by atoms with van der Waals surface area (Å²) in [4.78, 5) is 31.8. The lowest BCUT2D eigenvalue weighted by Gasteiger charge is -2.36. The first-order valence-electron chi connectivity index (χ1n) is 11.9. The van der Waals surface area contributed by atoms with Gasteiger partial charge in [0.2, 0.25) is 11.8 Å². The molecule has 2 aliphatic heterocycles. The van der Waals surface area contributed by atoms with E-state index < -0.39 is 0 Å². The van der Waals surface area contributed by atoms with E-state index in [2.05, 4.69) is 57.6 Å². The molecule has 0 aromatic heterocycles. The van der Waals surface area contributed by atoms with Gasteiger partial charge in [0.1, 0.15) is 0 Å². The fourth-order valence-electron chi connectivity index (χ4n) is 4.75. The number of para-hydroxylation sites is 1. The molecule has 1 unspecified atom stereocenters. The Bertz CT molecular complexity index is 1110. The fourth-order valence-corrected chi connectivity index (χ4v) is 4.75. The number of benzene rings is 3. The van der Waals surface area contributed by atoms with Crippen molar-refractivity contribution in [1.82, 2.24) is 4.90 Å². The molecule has 174 valence electrons. The molecular weight excluding hydrogens is 424 g/mol. The van der Waals surface area contributed by atoms with Gasteiger partial charge in [0.15, 0.2) is 0 Å². The quantitative estimate of drug-likeness (QED) is 0.612. The highest BCUT2D eigenvalue weighted by Crippen LogP contribution is 2.26. The number of carbonyl (C=O) groups excluding carboxylic acids is 2. The van der Waals surface area contributed by atoms with Crippen LogP contribution in [0.3, 0.4) is 0 Å². The molecule has 0 aliphatic carbocycles. The molecule has 34 heavy (non-hydrogen) atoms. The average molecular weight is 455 g/mol. The van der Waals surface area contributed by atoms with Crippen LogP contribution in [0, 0.1) is 5.92 Å². The van der Waals surface area contributed by atoms with Gasteiger partial charge in [-0.1, -0.05) is 48.5 Å². The second-order valence-corrected chi connectivity index (χ2v) is 9.03. The first-order valence-corrected chi connectivity index (χ1v) is 11.9. The monoisotopic (exact) mass is 454 g/mol. The van der Waals surface area contributed by atoms with Gasteiger partial charge in [0.25, 0.3) is 0 Å². The van der Waals surface area contributed by atoms with Crippen LogP contribution in [-0.4, -0.2) is 49.4 Å². The lowest BCUT2D eigenvalue weighted by Crippen LogP contribution is -2.45. The first kappa shape index (κ1) is 22.2. The Morgan fingerprint density at radius 1 is 0.794 bits per heavy atom. The Labute approximate surface area is 200 Å². The van der Waals surface area contributed by atoms with E-state index >= 15 is 0 Å². The molecule has 2 saturated heterocycles. The van der Waals surface area contributed by atoms with Gasteiger partial charge < -0.3 is 15.1 Å². The van der Waals surface area contributed by atoms with Crippen molar-refractivity contribution in [3.05, 3.63) is 90.5 Å². The Kier molecular flexibility index (Phi) is 6.58. The van der Waals surface area contributed by atoms with Crippen LogP contribution in [0.5, 0.6) is 0 Å². The highest BCUT2D eigenvalue weighted by atomic mass is 16.2. The van der Waals surface area contributed by atoms with Crippen molar-refractivity contribution in [1.29, 1.82) is 0 Å². The Balaban J connectivity index is 1.12. The molecule has 6 heteroatoms. The number of nitrogens with zero attached hydrogens (tertiary/aromatic N) is 3. The summed E-state index contributed by atoms with van der Waals surface area (Å²) >= 11 is 0. The molecule has 0 spiro atoms. The zero-order valence-corrected chi connectivity index (χ0v) is 19.3. The molecule has 2 aliphatic rings. The van der Waals surface area contributed by atoms with E-state index in [1.165, 1.54) is 11.3 Å². The van der Waals surface area contributed by atoms with E-state index in [9.17, 15) is 9.59 Å². The highest BCUT2D eigenvalue weighted by Gasteiger charge is 2.35. The summed E-state index contributed by atoms with van der Waals surface area (Å²) in [5.74, 6) is -0.452. The number of nitrogens with one attached hydrogen (secondary N) is 1. The molecule has 2 amide bonds. The molecule has 2 heterocycles. The third-order valence-corrected chi connectivity index (χ3v) is 6.68. The van der Waals surface area contributed by atoms with Crippen molar-refractivity contribution < 1.29 is 9.59 Å². The van der Waals surface area contributed by atoms with Gasteiger partial charge in [-0.2, -0.15) is 0 Å². The van der Waals surface area contributed by atoms with Gasteiger partial charge in [0.05, 0.1) is 5.92 Å². The van der Waals surface area contributed by atoms with Crippen LogP contribution in [-0.2, 0) is 16.1 Å². The van der Waals surface area contributed by atoms with Crippen molar-refractivity contribution in [2.24, 2.45) is 5.92 Å². The van der Waals surface area contributed by atoms with Gasteiger partial charge >= 0.3 is 0 Å². The lowest BCUT2D eigenvalue weighted by atomic mass is 10.1. The molecule has 0 radical (unpaired) electrons. The fraction of sp³-hybridized carbons (Fsp3) is 0.286. The summed E-state index contributed by atoms with van der Waals surface area (Å²) in [6.07, 6.45) is 0.242. The third kappa shape index (κ3) is 5.13. The summed E-state index contributed by atoms with van der Waals surface area (Å²) in [6.45, 7) is 5.43. The number of hydrogen-bond acceptors (Lipinski definition) is 4. The van der Waals surface area contributed by atoms with Crippen molar-refractivity contribution in [3.63, 3.8) is 0 Å². The van der Waals surface area contributed by atoms with Crippen LogP contribution in [0.15, 0.2) is 84.9 Å². The predicted molar refractivity (Wildman–Crippen MR) is 136 cm³/mol. The van der Waals surface area contributed by atoms with E-state index in [0.717, 1.165) is 44.1 Å². The summed E-state index contributed by atoms with van der Waals surface area (Å²) in [6, 6.07) is 28.2. The van der Waals surface area contributed by atoms with Crippen LogP contribution in [0.4, 0.5) is 17.1 Å². The average Bonchev–Trinajstić information content (AvgIpc) is 3.28. The standard InChI is InChI=1S/C28H30N4O2/c33-27-19-23(21-32(27)26-9-5-2-6-10-26)28(34)29-24-11-13-25(14-12-24)31-17-15-30(16-18-31)20-22-7-3-1-4-8-22/h1-14,23H,15-21H2,(H,29,34). The summed E-state index contributed by atoms with van der Waals surface area (Å²) in [5.41, 5.74) is 4.13. The van der Waals surface area contributed by atoms with Crippen LogP contribution < -0.4 is 15.1 Å². The first-order chi connectivity index (χ1) is 16.7. The SMILES string of the molecule is O=C(Nc1ccc(N2CCN(Cc3ccccc3)CC2)cc1)C1CC(=O)N(c2ccccc2)C1. The van der Waals surface area contributed by atoms with Crippen LogP contribution in [0.1, 0.15) is 12.0 Å². The van der Waals surface area contributed by atoms with Crippen LogP contribution in [0.25, 0.3) is 0 Å². The maximum atomic E-state index is 12.8. The van der Waals surface area contributed by atoms with Gasteiger partial charge in [0, 0.05) is 62.8 Å². The largest absolute Gasteiger partial charge is 0.369 e. The van der Waals surface area contributed by atoms with Gasteiger partial charge in [-0.05, 0) is 42.0 Å². The molecule has 3 aromatic rings. The molecule has 1 atom stereocenters. The molecule has 6 nitrogen and oxygen atoms in total. The highest BCUT2D eigenvalue weighted by molar-refractivity contribution is 6.03.